The summed E-state index contributed by atoms with van der Waals surface area (Å²) >= 11 is 0. The number of allylic oxidation sites excluding steroid dienone is 3. The Morgan fingerprint density at radius 2 is 1.61 bits per heavy atom. The van der Waals surface area contributed by atoms with Gasteiger partial charge in [-0.15, -0.1) is 0 Å². The molecule has 0 aromatic carbocycles. The van der Waals surface area contributed by atoms with E-state index in [-0.39, 0.29) is 64.1 Å². The molecule has 5 rings (SSSR count). The van der Waals surface area contributed by atoms with E-state index in [1.807, 2.05) is 0 Å². The summed E-state index contributed by atoms with van der Waals surface area (Å²) in [6.07, 6.45) is 12.1. The van der Waals surface area contributed by atoms with Crippen molar-refractivity contribution in [2.24, 2.45) is 39.4 Å². The summed E-state index contributed by atoms with van der Waals surface area (Å²) in [5.74, 6) is 0.530. The number of rotatable bonds is 5. The Kier molecular flexibility index (Phi) is 7.72. The number of hydrogen-bond donors (Lipinski definition) is 0. The fourth-order valence-electron chi connectivity index (χ4n) is 10.2. The number of carbonyl (C=O) groups excluding carboxylic acids is 2. The Morgan fingerprint density at radius 3 is 2.24 bits per heavy atom. The molecule has 0 aromatic heterocycles. The lowest BCUT2D eigenvalue weighted by molar-refractivity contribution is -0.166. The molecule has 0 aromatic rings. The molecule has 0 N–H and O–H groups in total. The van der Waals surface area contributed by atoms with Crippen LogP contribution in [0.25, 0.3) is 0 Å². The zero-order chi connectivity index (χ0) is 30.1. The van der Waals surface area contributed by atoms with E-state index < -0.39 is 0 Å². The van der Waals surface area contributed by atoms with E-state index in [4.69, 9.17) is 18.9 Å². The number of esters is 2. The maximum absolute atomic E-state index is 12.5. The second-order valence-corrected chi connectivity index (χ2v) is 14.9. The van der Waals surface area contributed by atoms with Crippen molar-refractivity contribution in [3.63, 3.8) is 0 Å². The molecule has 4 aliphatic carbocycles. The van der Waals surface area contributed by atoms with E-state index in [1.165, 1.54) is 18.1 Å². The van der Waals surface area contributed by atoms with Crippen molar-refractivity contribution in [2.75, 3.05) is 7.11 Å². The normalized spacial score (nSPS) is 43.8. The molecule has 0 bridgehead atoms. The Balaban J connectivity index is 1.54. The predicted molar refractivity (Wildman–Crippen MR) is 159 cm³/mol. The van der Waals surface area contributed by atoms with Crippen molar-refractivity contribution in [1.82, 2.24) is 0 Å². The van der Waals surface area contributed by atoms with Crippen LogP contribution < -0.4 is 0 Å². The molecule has 6 heteroatoms. The maximum Gasteiger partial charge on any atom is 0.302 e. The summed E-state index contributed by atoms with van der Waals surface area (Å²) in [5.41, 5.74) is 3.35. The highest BCUT2D eigenvalue weighted by atomic mass is 16.7. The third-order valence-electron chi connectivity index (χ3n) is 12.7. The Labute approximate surface area is 247 Å². The summed E-state index contributed by atoms with van der Waals surface area (Å²) < 4.78 is 24.2. The minimum absolute atomic E-state index is 0.0282. The fraction of sp³-hybridized carbons (Fsp3) is 0.771. The molecule has 6 nitrogen and oxygen atoms in total. The van der Waals surface area contributed by atoms with Gasteiger partial charge in [-0.1, -0.05) is 59.8 Å². The molecule has 5 aliphatic rings. The van der Waals surface area contributed by atoms with Crippen LogP contribution in [-0.4, -0.2) is 43.7 Å². The predicted octanol–water partition coefficient (Wildman–Crippen LogP) is 7.33. The van der Waals surface area contributed by atoms with E-state index in [0.717, 1.165) is 44.1 Å². The topological polar surface area (TPSA) is 71.1 Å². The first-order valence-corrected chi connectivity index (χ1v) is 15.7. The molecule has 2 fully saturated rings. The number of ether oxygens (including phenoxy) is 4. The van der Waals surface area contributed by atoms with Crippen molar-refractivity contribution in [3.8, 4) is 0 Å². The highest BCUT2D eigenvalue weighted by molar-refractivity contribution is 5.67. The molecule has 1 heterocycles. The number of carbonyl (C=O) groups is 2. The van der Waals surface area contributed by atoms with Gasteiger partial charge in [0.2, 0.25) is 0 Å². The van der Waals surface area contributed by atoms with Gasteiger partial charge in [-0.05, 0) is 90.8 Å². The van der Waals surface area contributed by atoms with Crippen molar-refractivity contribution in [2.45, 2.75) is 125 Å². The van der Waals surface area contributed by atoms with Crippen LogP contribution >= 0.6 is 0 Å². The first-order valence-electron chi connectivity index (χ1n) is 15.7. The van der Waals surface area contributed by atoms with Crippen LogP contribution in [0.5, 0.6) is 0 Å². The van der Waals surface area contributed by atoms with Gasteiger partial charge < -0.3 is 18.9 Å². The van der Waals surface area contributed by atoms with Crippen LogP contribution in [0, 0.1) is 39.4 Å². The van der Waals surface area contributed by atoms with Gasteiger partial charge in [0.1, 0.15) is 12.2 Å². The van der Waals surface area contributed by atoms with Gasteiger partial charge in [0.25, 0.3) is 0 Å². The molecular weight excluding hydrogens is 516 g/mol. The largest absolute Gasteiger partial charge is 0.462 e. The molecule has 2 saturated carbocycles. The van der Waals surface area contributed by atoms with Crippen LogP contribution in [0.2, 0.25) is 0 Å². The molecule has 0 unspecified atom stereocenters. The quantitative estimate of drug-likeness (QED) is 0.255. The maximum atomic E-state index is 12.5. The van der Waals surface area contributed by atoms with Gasteiger partial charge >= 0.3 is 11.9 Å². The number of methoxy groups -OCH3 is 1. The van der Waals surface area contributed by atoms with Crippen LogP contribution in [-0.2, 0) is 28.5 Å². The van der Waals surface area contributed by atoms with Gasteiger partial charge in [-0.25, -0.2) is 0 Å². The lowest BCUT2D eigenvalue weighted by Crippen LogP contribution is -2.56. The third kappa shape index (κ3) is 4.49. The minimum Gasteiger partial charge on any atom is -0.462 e. The van der Waals surface area contributed by atoms with E-state index in [1.54, 1.807) is 14.0 Å². The average molecular weight is 569 g/mol. The average Bonchev–Trinajstić information content (AvgIpc) is 3.12. The molecule has 10 atom stereocenters. The van der Waals surface area contributed by atoms with Crippen LogP contribution in [0.15, 0.2) is 34.9 Å². The zero-order valence-corrected chi connectivity index (χ0v) is 27.0. The van der Waals surface area contributed by atoms with Crippen molar-refractivity contribution < 1.29 is 28.5 Å². The molecule has 0 spiro atoms. The molecule has 1 aliphatic heterocycles. The Bertz CT molecular complexity index is 1180. The summed E-state index contributed by atoms with van der Waals surface area (Å²) in [6, 6.07) is 0. The minimum atomic E-state index is -0.312. The van der Waals surface area contributed by atoms with Crippen molar-refractivity contribution in [1.29, 1.82) is 0 Å². The van der Waals surface area contributed by atoms with Gasteiger partial charge in [0, 0.05) is 31.8 Å². The Morgan fingerprint density at radius 1 is 0.951 bits per heavy atom. The second kappa shape index (κ2) is 10.4. The highest BCUT2D eigenvalue weighted by Gasteiger charge is 2.68. The lowest BCUT2D eigenvalue weighted by Gasteiger charge is -2.61. The van der Waals surface area contributed by atoms with Crippen molar-refractivity contribution in [3.05, 3.63) is 34.9 Å². The molecule has 0 amide bonds. The molecule has 41 heavy (non-hydrogen) atoms. The van der Waals surface area contributed by atoms with E-state index >= 15 is 0 Å². The Hall–Kier alpha value is -1.92. The first-order chi connectivity index (χ1) is 19.1. The zero-order valence-electron chi connectivity index (χ0n) is 27.0. The van der Waals surface area contributed by atoms with Gasteiger partial charge in [-0.3, -0.25) is 9.59 Å². The number of hydrogen-bond acceptors (Lipinski definition) is 6. The van der Waals surface area contributed by atoms with Gasteiger partial charge in [-0.2, -0.15) is 0 Å². The monoisotopic (exact) mass is 568 g/mol. The third-order valence-corrected chi connectivity index (χ3v) is 12.7. The van der Waals surface area contributed by atoms with Crippen molar-refractivity contribution >= 4 is 11.9 Å². The SMILES string of the molecule is CO[C@H]1O[C@H]([C@@H](C)[C@H]2C[C@H](OC(C)=O)[C@@]3(C)C4=CC[C@H]5C(C)(C)[C@@H](OC(C)=O)CC[C@]5(C)C4=CC[C@]23C)CC=C1C. The summed E-state index contributed by atoms with van der Waals surface area (Å²) in [7, 11) is 1.71. The van der Waals surface area contributed by atoms with Crippen LogP contribution in [0.4, 0.5) is 0 Å². The number of fused-ring (bicyclic) bond motifs is 5. The van der Waals surface area contributed by atoms with Crippen LogP contribution in [0.1, 0.15) is 101 Å². The molecule has 0 saturated heterocycles. The van der Waals surface area contributed by atoms with E-state index in [9.17, 15) is 9.59 Å². The molecule has 0 radical (unpaired) electrons. The van der Waals surface area contributed by atoms with Gasteiger partial charge in [0.15, 0.2) is 6.29 Å². The van der Waals surface area contributed by atoms with Gasteiger partial charge in [0.05, 0.1) is 6.10 Å². The molecular formula is C35H52O6. The second-order valence-electron chi connectivity index (χ2n) is 14.9. The fourth-order valence-corrected chi connectivity index (χ4v) is 10.2. The summed E-state index contributed by atoms with van der Waals surface area (Å²) in [6.45, 7) is 19.2. The summed E-state index contributed by atoms with van der Waals surface area (Å²) in [4.78, 5) is 24.5. The molecule has 228 valence electrons. The summed E-state index contributed by atoms with van der Waals surface area (Å²) in [5, 5.41) is 0. The highest BCUT2D eigenvalue weighted by Crippen LogP contribution is 2.72. The lowest BCUT2D eigenvalue weighted by atomic mass is 9.44. The standard InChI is InChI=1S/C35H52O6/c1-20-11-13-27(41-31(20)38-10)21(2)26-19-30(40-23(4)37)35(9)25-12-14-28-32(5,6)29(39-22(3)36)16-17-33(28,7)24(25)15-18-34(26,35)8/h11-12,15,21,26-31H,13-14,16-19H2,1-10H3/t21-,26+,27-,28-,29-,30-,31-,33+,34+,35+/m0/s1. The van der Waals surface area contributed by atoms with E-state index in [0.29, 0.717) is 11.8 Å². The first kappa shape index (κ1) is 30.5. The smallest absolute Gasteiger partial charge is 0.302 e. The van der Waals surface area contributed by atoms with E-state index in [2.05, 4.69) is 66.7 Å². The van der Waals surface area contributed by atoms with Crippen LogP contribution in [0.3, 0.4) is 0 Å².